The maximum atomic E-state index is 13.6. The van der Waals surface area contributed by atoms with Crippen molar-refractivity contribution in [3.63, 3.8) is 0 Å². The fourth-order valence-corrected chi connectivity index (χ4v) is 5.24. The Morgan fingerprint density at radius 1 is 0.964 bits per heavy atom. The van der Waals surface area contributed by atoms with Crippen LogP contribution in [-0.2, 0) is 20.8 Å². The third kappa shape index (κ3) is 3.47. The van der Waals surface area contributed by atoms with Crippen molar-refractivity contribution in [3.05, 3.63) is 35.9 Å². The lowest BCUT2D eigenvalue weighted by Crippen LogP contribution is -2.55. The summed E-state index contributed by atoms with van der Waals surface area (Å²) >= 11 is 0. The zero-order chi connectivity index (χ0) is 19.7. The van der Waals surface area contributed by atoms with E-state index >= 15 is 0 Å². The van der Waals surface area contributed by atoms with Gasteiger partial charge in [-0.05, 0) is 44.6 Å². The van der Waals surface area contributed by atoms with Gasteiger partial charge in [-0.15, -0.1) is 0 Å². The minimum absolute atomic E-state index is 0.0589. The smallest absolute Gasteiger partial charge is 0.246 e. The van der Waals surface area contributed by atoms with Gasteiger partial charge in [0, 0.05) is 19.0 Å². The van der Waals surface area contributed by atoms with Crippen molar-refractivity contribution in [3.8, 4) is 0 Å². The van der Waals surface area contributed by atoms with Crippen LogP contribution in [0, 0.1) is 11.8 Å². The fraction of sp³-hybridized carbons (Fsp3) is 0.609. The Labute approximate surface area is 167 Å². The molecule has 0 spiro atoms. The lowest BCUT2D eigenvalue weighted by molar-refractivity contribution is -0.153. The Balaban J connectivity index is 1.65. The summed E-state index contributed by atoms with van der Waals surface area (Å²) in [4.78, 5) is 43.2. The highest BCUT2D eigenvalue weighted by Gasteiger charge is 2.52. The molecular formula is C23H30N2O3. The van der Waals surface area contributed by atoms with E-state index in [0.29, 0.717) is 13.0 Å². The van der Waals surface area contributed by atoms with Crippen molar-refractivity contribution < 1.29 is 14.4 Å². The molecule has 1 aliphatic carbocycles. The summed E-state index contributed by atoms with van der Waals surface area (Å²) in [5.41, 5.74) is 0.987. The third-order valence-corrected chi connectivity index (χ3v) is 6.83. The lowest BCUT2D eigenvalue weighted by Gasteiger charge is -2.38. The molecule has 0 N–H and O–H groups in total. The van der Waals surface area contributed by atoms with E-state index in [1.165, 1.54) is 4.90 Å². The number of nitrogens with zero attached hydrogens (tertiary/aromatic N) is 2. The number of imide groups is 1. The van der Waals surface area contributed by atoms with Crippen molar-refractivity contribution in [2.45, 2.75) is 70.4 Å². The van der Waals surface area contributed by atoms with Crippen molar-refractivity contribution in [2.24, 2.45) is 11.8 Å². The van der Waals surface area contributed by atoms with E-state index < -0.39 is 6.04 Å². The third-order valence-electron chi connectivity index (χ3n) is 6.83. The van der Waals surface area contributed by atoms with Crippen molar-refractivity contribution >= 4 is 17.7 Å². The molecule has 1 saturated carbocycles. The van der Waals surface area contributed by atoms with Crippen LogP contribution in [-0.4, -0.2) is 46.1 Å². The van der Waals surface area contributed by atoms with Crippen LogP contribution in [0.1, 0.15) is 57.4 Å². The predicted molar refractivity (Wildman–Crippen MR) is 106 cm³/mol. The molecule has 3 fully saturated rings. The minimum Gasteiger partial charge on any atom is -0.338 e. The number of likely N-dealkylation sites (tertiary alicyclic amines) is 2. The Morgan fingerprint density at radius 3 is 2.18 bits per heavy atom. The van der Waals surface area contributed by atoms with Gasteiger partial charge in [0.25, 0.3) is 0 Å². The highest BCUT2D eigenvalue weighted by atomic mass is 16.2. The first kappa shape index (κ1) is 19.2. The standard InChI is InChI=1S/C23H30N2O3/c1-16-9-7-8-14-24(16)23(28)20(15-17-10-3-2-4-11-17)25-21(26)18-12-5-6-13-19(18)22(25)27/h2-4,10-11,16,18-20H,5-9,12-15H2,1H3/t16-,18-,19-,20+/m0/s1. The number of carbonyl (C=O) groups excluding carboxylic acids is 3. The van der Waals surface area contributed by atoms with E-state index in [4.69, 9.17) is 0 Å². The molecule has 5 heteroatoms. The molecule has 3 aliphatic rings. The van der Waals surface area contributed by atoms with Crippen molar-refractivity contribution in [1.82, 2.24) is 9.80 Å². The van der Waals surface area contributed by atoms with E-state index in [9.17, 15) is 14.4 Å². The van der Waals surface area contributed by atoms with E-state index in [2.05, 4.69) is 6.92 Å². The first-order valence-corrected chi connectivity index (χ1v) is 10.8. The zero-order valence-corrected chi connectivity index (χ0v) is 16.7. The number of benzene rings is 1. The molecule has 4 rings (SSSR count). The molecule has 1 aromatic rings. The number of fused-ring (bicyclic) bond motifs is 1. The van der Waals surface area contributed by atoms with Crippen LogP contribution in [0.15, 0.2) is 30.3 Å². The summed E-state index contributed by atoms with van der Waals surface area (Å²) in [6.07, 6.45) is 7.04. The van der Waals surface area contributed by atoms with Gasteiger partial charge in [0.1, 0.15) is 6.04 Å². The van der Waals surface area contributed by atoms with Gasteiger partial charge in [-0.1, -0.05) is 43.2 Å². The van der Waals surface area contributed by atoms with Gasteiger partial charge in [-0.2, -0.15) is 0 Å². The van der Waals surface area contributed by atoms with E-state index in [0.717, 1.165) is 50.5 Å². The number of amides is 3. The SMILES string of the molecule is C[C@H]1CCCCN1C(=O)[C@@H](Cc1ccccc1)N1C(=O)[C@H]2CCCC[C@@H]2C1=O. The average molecular weight is 383 g/mol. The molecule has 0 radical (unpaired) electrons. The Hall–Kier alpha value is -2.17. The van der Waals surface area contributed by atoms with Crippen LogP contribution < -0.4 is 0 Å². The topological polar surface area (TPSA) is 57.7 Å². The highest BCUT2D eigenvalue weighted by Crippen LogP contribution is 2.39. The Kier molecular flexibility index (Phi) is 5.51. The number of hydrogen-bond acceptors (Lipinski definition) is 3. The molecule has 150 valence electrons. The summed E-state index contributed by atoms with van der Waals surface area (Å²) < 4.78 is 0. The number of piperidine rings is 1. The van der Waals surface area contributed by atoms with Gasteiger partial charge in [0.2, 0.25) is 17.7 Å². The van der Waals surface area contributed by atoms with Crippen LogP contribution in [0.3, 0.4) is 0 Å². The fourth-order valence-electron chi connectivity index (χ4n) is 5.24. The van der Waals surface area contributed by atoms with Crippen LogP contribution in [0.4, 0.5) is 0 Å². The second-order valence-electron chi connectivity index (χ2n) is 8.63. The molecule has 1 aromatic carbocycles. The molecular weight excluding hydrogens is 352 g/mol. The Bertz CT molecular complexity index is 723. The molecule has 0 unspecified atom stereocenters. The molecule has 4 atom stereocenters. The average Bonchev–Trinajstić information content (AvgIpc) is 2.98. The van der Waals surface area contributed by atoms with E-state index in [-0.39, 0.29) is 35.6 Å². The van der Waals surface area contributed by atoms with Gasteiger partial charge in [0.05, 0.1) is 11.8 Å². The summed E-state index contributed by atoms with van der Waals surface area (Å²) in [7, 11) is 0. The van der Waals surface area contributed by atoms with Crippen LogP contribution in [0.5, 0.6) is 0 Å². The van der Waals surface area contributed by atoms with Gasteiger partial charge in [0.15, 0.2) is 0 Å². The van der Waals surface area contributed by atoms with Gasteiger partial charge in [-0.3, -0.25) is 19.3 Å². The quantitative estimate of drug-likeness (QED) is 0.752. The lowest BCUT2D eigenvalue weighted by atomic mass is 9.81. The second kappa shape index (κ2) is 8.06. The summed E-state index contributed by atoms with van der Waals surface area (Å²) in [6, 6.07) is 9.20. The van der Waals surface area contributed by atoms with Gasteiger partial charge < -0.3 is 4.90 Å². The van der Waals surface area contributed by atoms with E-state index in [1.54, 1.807) is 0 Å². The molecule has 5 nitrogen and oxygen atoms in total. The zero-order valence-electron chi connectivity index (χ0n) is 16.7. The first-order chi connectivity index (χ1) is 13.6. The largest absolute Gasteiger partial charge is 0.338 e. The number of hydrogen-bond donors (Lipinski definition) is 0. The molecule has 3 amide bonds. The molecule has 28 heavy (non-hydrogen) atoms. The molecule has 0 bridgehead atoms. The van der Waals surface area contributed by atoms with E-state index in [1.807, 2.05) is 35.2 Å². The maximum absolute atomic E-state index is 13.6. The normalized spacial score (nSPS) is 29.0. The van der Waals surface area contributed by atoms with Gasteiger partial charge in [-0.25, -0.2) is 0 Å². The Morgan fingerprint density at radius 2 is 1.57 bits per heavy atom. The monoisotopic (exact) mass is 382 g/mol. The highest BCUT2D eigenvalue weighted by molar-refractivity contribution is 6.08. The predicted octanol–water partition coefficient (Wildman–Crippen LogP) is 3.17. The molecule has 2 aliphatic heterocycles. The van der Waals surface area contributed by atoms with Crippen molar-refractivity contribution in [1.29, 1.82) is 0 Å². The molecule has 2 saturated heterocycles. The maximum Gasteiger partial charge on any atom is 0.246 e. The molecule has 2 heterocycles. The minimum atomic E-state index is -0.714. The summed E-state index contributed by atoms with van der Waals surface area (Å²) in [5, 5.41) is 0. The summed E-state index contributed by atoms with van der Waals surface area (Å²) in [6.45, 7) is 2.79. The number of rotatable bonds is 4. The first-order valence-electron chi connectivity index (χ1n) is 10.8. The van der Waals surface area contributed by atoms with Gasteiger partial charge >= 0.3 is 0 Å². The second-order valence-corrected chi connectivity index (χ2v) is 8.63. The number of carbonyl (C=O) groups is 3. The molecule has 0 aromatic heterocycles. The van der Waals surface area contributed by atoms with Crippen LogP contribution >= 0.6 is 0 Å². The van der Waals surface area contributed by atoms with Crippen LogP contribution in [0.2, 0.25) is 0 Å². The van der Waals surface area contributed by atoms with Crippen molar-refractivity contribution in [2.75, 3.05) is 6.54 Å². The van der Waals surface area contributed by atoms with Crippen LogP contribution in [0.25, 0.3) is 0 Å². The summed E-state index contributed by atoms with van der Waals surface area (Å²) in [5.74, 6) is -0.726.